The number of phenolic OH excluding ortho intramolecular Hbond substituents is 1. The quantitative estimate of drug-likeness (QED) is 0.0495. The number of carboxylic acid groups (broad SMARTS) is 1. The number of thiol groups is 2. The van der Waals surface area contributed by atoms with Crippen molar-refractivity contribution in [2.75, 3.05) is 18.1 Å². The molecule has 4 unspecified atom stereocenters. The normalized spacial score (nSPS) is 14.0. The minimum Gasteiger partial charge on any atom is -0.508 e. The fraction of sp³-hybridized carbons (Fsp3) is 0.476. The van der Waals surface area contributed by atoms with Gasteiger partial charge in [0.25, 0.3) is 0 Å². The Hall–Kier alpha value is -3.17. The number of aliphatic carboxylic acids is 1. The molecule has 0 saturated heterocycles. The largest absolute Gasteiger partial charge is 0.508 e. The lowest BCUT2D eigenvalue weighted by molar-refractivity contribution is -0.141. The summed E-state index contributed by atoms with van der Waals surface area (Å²) < 4.78 is 0. The van der Waals surface area contributed by atoms with E-state index in [0.717, 1.165) is 0 Å². The molecule has 0 aliphatic carbocycles. The highest BCUT2D eigenvalue weighted by Gasteiger charge is 2.30. The van der Waals surface area contributed by atoms with Crippen LogP contribution in [0.15, 0.2) is 29.3 Å². The van der Waals surface area contributed by atoms with E-state index in [2.05, 4.69) is 46.2 Å². The first-order chi connectivity index (χ1) is 17.0. The molecular weight excluding hydrogens is 510 g/mol. The molecule has 36 heavy (non-hydrogen) atoms. The zero-order valence-electron chi connectivity index (χ0n) is 19.5. The van der Waals surface area contributed by atoms with Crippen molar-refractivity contribution in [3.05, 3.63) is 29.8 Å². The molecule has 3 amide bonds. The molecule has 0 fully saturated rings. The van der Waals surface area contributed by atoms with Crippen LogP contribution in [-0.2, 0) is 25.6 Å². The standard InChI is InChI=1S/C21H33N7O6S2/c22-13(9-35)17(30)26-14(2-1-7-25-21(23)24)18(31)27-15(8-11-3-5-12(29)6-4-11)19(32)28-16(10-36)20(33)34/h3-6,13-16,29,35-36H,1-2,7-10,22H2,(H,26,30)(H,27,31)(H,28,32)(H,33,34)(H4,23,24,25). The van der Waals surface area contributed by atoms with E-state index in [1.165, 1.54) is 12.1 Å². The number of carbonyl (C=O) groups is 4. The minimum atomic E-state index is -1.29. The van der Waals surface area contributed by atoms with E-state index in [4.69, 9.17) is 17.2 Å². The van der Waals surface area contributed by atoms with Crippen molar-refractivity contribution in [1.29, 1.82) is 0 Å². The molecule has 1 aromatic rings. The highest BCUT2D eigenvalue weighted by Crippen LogP contribution is 2.12. The van der Waals surface area contributed by atoms with Gasteiger partial charge in [-0.1, -0.05) is 12.1 Å². The second-order valence-corrected chi connectivity index (χ2v) is 8.54. The molecule has 0 radical (unpaired) electrons. The van der Waals surface area contributed by atoms with Gasteiger partial charge in [-0.15, -0.1) is 0 Å². The second-order valence-electron chi connectivity index (χ2n) is 7.81. The Morgan fingerprint density at radius 3 is 1.97 bits per heavy atom. The smallest absolute Gasteiger partial charge is 0.327 e. The van der Waals surface area contributed by atoms with Crippen molar-refractivity contribution in [1.82, 2.24) is 16.0 Å². The third-order valence-electron chi connectivity index (χ3n) is 4.92. The molecule has 200 valence electrons. The number of hydrogen-bond donors (Lipinski definition) is 10. The average molecular weight is 544 g/mol. The maximum atomic E-state index is 13.1. The van der Waals surface area contributed by atoms with E-state index in [-0.39, 0.29) is 42.6 Å². The molecule has 0 aromatic heterocycles. The van der Waals surface area contributed by atoms with Crippen molar-refractivity contribution in [3.63, 3.8) is 0 Å². The fourth-order valence-electron chi connectivity index (χ4n) is 2.94. The maximum absolute atomic E-state index is 13.1. The summed E-state index contributed by atoms with van der Waals surface area (Å²) in [6, 6.07) is 1.36. The summed E-state index contributed by atoms with van der Waals surface area (Å²) >= 11 is 7.92. The number of carboxylic acids is 1. The highest BCUT2D eigenvalue weighted by molar-refractivity contribution is 7.80. The molecule has 13 nitrogen and oxygen atoms in total. The number of phenols is 1. The van der Waals surface area contributed by atoms with Crippen molar-refractivity contribution < 1.29 is 29.4 Å². The molecule has 1 aromatic carbocycles. The van der Waals surface area contributed by atoms with Crippen LogP contribution in [0.25, 0.3) is 0 Å². The molecule has 15 heteroatoms. The zero-order chi connectivity index (χ0) is 27.3. The number of carbonyl (C=O) groups excluding carboxylic acids is 3. The molecule has 1 rings (SSSR count). The number of nitrogens with one attached hydrogen (secondary N) is 3. The number of aliphatic imine (C=N–C) groups is 1. The lowest BCUT2D eigenvalue weighted by atomic mass is 10.0. The van der Waals surface area contributed by atoms with Crippen LogP contribution in [0.1, 0.15) is 18.4 Å². The van der Waals surface area contributed by atoms with Gasteiger partial charge in [0.05, 0.1) is 6.04 Å². The number of hydrogen-bond acceptors (Lipinski definition) is 9. The molecule has 0 heterocycles. The van der Waals surface area contributed by atoms with Crippen LogP contribution in [0.5, 0.6) is 5.75 Å². The van der Waals surface area contributed by atoms with Crippen molar-refractivity contribution in [3.8, 4) is 5.75 Å². The van der Waals surface area contributed by atoms with E-state index in [1.807, 2.05) is 0 Å². The van der Waals surface area contributed by atoms with Gasteiger partial charge in [-0.25, -0.2) is 4.79 Å². The Morgan fingerprint density at radius 1 is 0.889 bits per heavy atom. The molecular formula is C21H33N7O6S2. The molecule has 0 saturated carbocycles. The predicted molar refractivity (Wildman–Crippen MR) is 141 cm³/mol. The lowest BCUT2D eigenvalue weighted by Gasteiger charge is -2.25. The van der Waals surface area contributed by atoms with Crippen molar-refractivity contribution in [2.45, 2.75) is 43.4 Å². The summed E-state index contributed by atoms with van der Waals surface area (Å²) in [5, 5.41) is 26.2. The Morgan fingerprint density at radius 2 is 1.44 bits per heavy atom. The SMILES string of the molecule is NC(N)=NCCCC(NC(=O)C(N)CS)C(=O)NC(Cc1ccc(O)cc1)C(=O)NC(CS)C(=O)O. The summed E-state index contributed by atoms with van der Waals surface area (Å²) in [6.45, 7) is 0.195. The molecule has 11 N–H and O–H groups in total. The Balaban J connectivity index is 3.12. The van der Waals surface area contributed by atoms with Crippen LogP contribution in [0.2, 0.25) is 0 Å². The lowest BCUT2D eigenvalue weighted by Crippen LogP contribution is -2.58. The number of rotatable bonds is 15. The maximum Gasteiger partial charge on any atom is 0.327 e. The van der Waals surface area contributed by atoms with E-state index >= 15 is 0 Å². The monoisotopic (exact) mass is 543 g/mol. The first-order valence-electron chi connectivity index (χ1n) is 10.9. The van der Waals surface area contributed by atoms with Gasteiger partial charge in [-0.3, -0.25) is 19.4 Å². The molecule has 0 aliphatic rings. The van der Waals surface area contributed by atoms with Crippen LogP contribution >= 0.6 is 25.3 Å². The topological polar surface area (TPSA) is 235 Å². The molecule has 0 spiro atoms. The molecule has 0 bridgehead atoms. The molecule has 0 aliphatic heterocycles. The van der Waals surface area contributed by atoms with Crippen LogP contribution in [0.3, 0.4) is 0 Å². The van der Waals surface area contributed by atoms with Crippen LogP contribution in [0.4, 0.5) is 0 Å². The van der Waals surface area contributed by atoms with Crippen LogP contribution < -0.4 is 33.2 Å². The minimum absolute atomic E-state index is 0.00822. The summed E-state index contributed by atoms with van der Waals surface area (Å²) in [6.07, 6.45) is 0.416. The first-order valence-corrected chi connectivity index (χ1v) is 12.2. The number of nitrogens with zero attached hydrogens (tertiary/aromatic N) is 1. The van der Waals surface area contributed by atoms with Gasteiger partial charge in [0, 0.05) is 24.5 Å². The molecule has 4 atom stereocenters. The number of aromatic hydroxyl groups is 1. The Bertz CT molecular complexity index is 928. The van der Waals surface area contributed by atoms with Gasteiger partial charge >= 0.3 is 5.97 Å². The second kappa shape index (κ2) is 15.7. The zero-order valence-corrected chi connectivity index (χ0v) is 21.3. The van der Waals surface area contributed by atoms with Gasteiger partial charge in [-0.05, 0) is 30.5 Å². The summed E-state index contributed by atoms with van der Waals surface area (Å²) in [5.41, 5.74) is 16.9. The van der Waals surface area contributed by atoms with E-state index < -0.39 is 47.9 Å². The van der Waals surface area contributed by atoms with Gasteiger partial charge in [0.2, 0.25) is 17.7 Å². The predicted octanol–water partition coefficient (Wildman–Crippen LogP) is -2.29. The highest BCUT2D eigenvalue weighted by atomic mass is 32.1. The first kappa shape index (κ1) is 30.9. The summed E-state index contributed by atoms with van der Waals surface area (Å²) in [7, 11) is 0. The van der Waals surface area contributed by atoms with Gasteiger partial charge in [0.15, 0.2) is 5.96 Å². The van der Waals surface area contributed by atoms with Crippen LogP contribution in [-0.4, -0.2) is 82.1 Å². The van der Waals surface area contributed by atoms with Crippen molar-refractivity contribution >= 4 is 54.9 Å². The third-order valence-corrected chi connectivity index (χ3v) is 5.68. The third kappa shape index (κ3) is 11.0. The fourth-order valence-corrected chi connectivity index (χ4v) is 3.35. The Kier molecular flexibility index (Phi) is 13.5. The Labute approximate surface area is 219 Å². The summed E-state index contributed by atoms with van der Waals surface area (Å²) in [5.74, 6) is -3.63. The average Bonchev–Trinajstić information content (AvgIpc) is 2.83. The van der Waals surface area contributed by atoms with Crippen LogP contribution in [0, 0.1) is 0 Å². The van der Waals surface area contributed by atoms with E-state index in [1.54, 1.807) is 12.1 Å². The number of benzene rings is 1. The van der Waals surface area contributed by atoms with Gasteiger partial charge < -0.3 is 43.4 Å². The van der Waals surface area contributed by atoms with E-state index in [0.29, 0.717) is 12.0 Å². The summed E-state index contributed by atoms with van der Waals surface area (Å²) in [4.78, 5) is 53.6. The van der Waals surface area contributed by atoms with Crippen molar-refractivity contribution in [2.24, 2.45) is 22.2 Å². The number of amides is 3. The number of nitrogens with two attached hydrogens (primary N) is 3. The van der Waals surface area contributed by atoms with Gasteiger partial charge in [-0.2, -0.15) is 25.3 Å². The van der Waals surface area contributed by atoms with E-state index in [9.17, 15) is 29.4 Å². The number of guanidine groups is 1. The van der Waals surface area contributed by atoms with Gasteiger partial charge in [0.1, 0.15) is 23.9 Å².